The van der Waals surface area contributed by atoms with Gasteiger partial charge in [-0.15, -0.1) is 0 Å². The van der Waals surface area contributed by atoms with Gasteiger partial charge in [-0.05, 0) is 18.3 Å². The quantitative estimate of drug-likeness (QED) is 0.806. The molecule has 0 aliphatic carbocycles. The Kier molecular flexibility index (Phi) is 4.33. The third-order valence-electron chi connectivity index (χ3n) is 2.68. The van der Waals surface area contributed by atoms with E-state index in [1.165, 1.54) is 5.69 Å². The molecule has 3 nitrogen and oxygen atoms in total. The van der Waals surface area contributed by atoms with Gasteiger partial charge in [-0.3, -0.25) is 0 Å². The van der Waals surface area contributed by atoms with E-state index in [9.17, 15) is 0 Å². The van der Waals surface area contributed by atoms with Crippen LogP contribution in [-0.4, -0.2) is 15.6 Å². The standard InChI is InChI=1S/C12H23N3/c1-9(2)5-11-6-14-8-15(11)7-12(13)10(3)4/h6,8-10,12H,5,7,13H2,1-4H3. The molecular formula is C12H23N3. The molecule has 1 rings (SSSR count). The highest BCUT2D eigenvalue weighted by Crippen LogP contribution is 2.10. The van der Waals surface area contributed by atoms with Gasteiger partial charge in [0.25, 0.3) is 0 Å². The van der Waals surface area contributed by atoms with Crippen molar-refractivity contribution in [1.29, 1.82) is 0 Å². The molecule has 1 atom stereocenters. The monoisotopic (exact) mass is 209 g/mol. The second kappa shape index (κ2) is 5.31. The van der Waals surface area contributed by atoms with E-state index in [2.05, 4.69) is 37.2 Å². The maximum atomic E-state index is 6.06. The highest BCUT2D eigenvalue weighted by Gasteiger charge is 2.11. The van der Waals surface area contributed by atoms with E-state index >= 15 is 0 Å². The van der Waals surface area contributed by atoms with Gasteiger partial charge in [-0.2, -0.15) is 0 Å². The van der Waals surface area contributed by atoms with Crippen LogP contribution in [0.2, 0.25) is 0 Å². The fraction of sp³-hybridized carbons (Fsp3) is 0.750. The molecule has 2 N–H and O–H groups in total. The van der Waals surface area contributed by atoms with Crippen molar-refractivity contribution >= 4 is 0 Å². The van der Waals surface area contributed by atoms with Gasteiger partial charge in [-0.25, -0.2) is 4.98 Å². The van der Waals surface area contributed by atoms with E-state index < -0.39 is 0 Å². The molecule has 0 spiro atoms. The van der Waals surface area contributed by atoms with Crippen LogP contribution in [0, 0.1) is 11.8 Å². The molecule has 1 aromatic rings. The summed E-state index contributed by atoms with van der Waals surface area (Å²) in [6.45, 7) is 9.63. The van der Waals surface area contributed by atoms with Crippen molar-refractivity contribution in [2.75, 3.05) is 0 Å². The fourth-order valence-corrected chi connectivity index (χ4v) is 1.54. The number of nitrogens with two attached hydrogens (primary N) is 1. The van der Waals surface area contributed by atoms with Crippen molar-refractivity contribution in [3.63, 3.8) is 0 Å². The minimum Gasteiger partial charge on any atom is -0.333 e. The van der Waals surface area contributed by atoms with E-state index in [-0.39, 0.29) is 6.04 Å². The molecule has 0 fully saturated rings. The SMILES string of the molecule is CC(C)Cc1cncn1CC(N)C(C)C. The summed E-state index contributed by atoms with van der Waals surface area (Å²) in [6, 6.07) is 0.213. The summed E-state index contributed by atoms with van der Waals surface area (Å²) in [5, 5.41) is 0. The van der Waals surface area contributed by atoms with Gasteiger partial charge in [0.2, 0.25) is 0 Å². The summed E-state index contributed by atoms with van der Waals surface area (Å²) in [5.41, 5.74) is 7.35. The van der Waals surface area contributed by atoms with Crippen LogP contribution in [0.4, 0.5) is 0 Å². The number of nitrogens with zero attached hydrogens (tertiary/aromatic N) is 2. The van der Waals surface area contributed by atoms with Crippen molar-refractivity contribution in [3.8, 4) is 0 Å². The molecule has 0 aliphatic rings. The lowest BCUT2D eigenvalue weighted by molar-refractivity contribution is 0.423. The van der Waals surface area contributed by atoms with Gasteiger partial charge in [-0.1, -0.05) is 27.7 Å². The van der Waals surface area contributed by atoms with E-state index in [4.69, 9.17) is 5.73 Å². The van der Waals surface area contributed by atoms with Gasteiger partial charge in [0.1, 0.15) is 0 Å². The zero-order valence-corrected chi connectivity index (χ0v) is 10.3. The first-order valence-corrected chi connectivity index (χ1v) is 5.75. The van der Waals surface area contributed by atoms with Crippen molar-refractivity contribution in [1.82, 2.24) is 9.55 Å². The molecular weight excluding hydrogens is 186 g/mol. The summed E-state index contributed by atoms with van der Waals surface area (Å²) in [7, 11) is 0. The van der Waals surface area contributed by atoms with Crippen LogP contribution in [0.25, 0.3) is 0 Å². The lowest BCUT2D eigenvalue weighted by Crippen LogP contribution is -2.31. The van der Waals surface area contributed by atoms with Crippen molar-refractivity contribution in [3.05, 3.63) is 18.2 Å². The first-order chi connectivity index (χ1) is 7.00. The Labute approximate surface area is 92.7 Å². The Morgan fingerprint density at radius 2 is 2.00 bits per heavy atom. The molecule has 0 bridgehead atoms. The van der Waals surface area contributed by atoms with Crippen molar-refractivity contribution in [2.45, 2.75) is 46.7 Å². The van der Waals surface area contributed by atoms with Crippen LogP contribution >= 0.6 is 0 Å². The van der Waals surface area contributed by atoms with Gasteiger partial charge in [0.05, 0.1) is 6.33 Å². The smallest absolute Gasteiger partial charge is 0.0948 e. The average Bonchev–Trinajstić information content (AvgIpc) is 2.51. The van der Waals surface area contributed by atoms with Crippen LogP contribution in [0.1, 0.15) is 33.4 Å². The fourth-order valence-electron chi connectivity index (χ4n) is 1.54. The molecule has 1 heterocycles. The van der Waals surface area contributed by atoms with Crippen LogP contribution in [0.5, 0.6) is 0 Å². The van der Waals surface area contributed by atoms with Crippen LogP contribution in [0.15, 0.2) is 12.5 Å². The lowest BCUT2D eigenvalue weighted by atomic mass is 10.0. The summed E-state index contributed by atoms with van der Waals surface area (Å²) in [5.74, 6) is 1.18. The Bertz CT molecular complexity index is 289. The molecule has 86 valence electrons. The molecule has 0 radical (unpaired) electrons. The van der Waals surface area contributed by atoms with Crippen LogP contribution in [-0.2, 0) is 13.0 Å². The van der Waals surface area contributed by atoms with Gasteiger partial charge in [0.15, 0.2) is 0 Å². The predicted molar refractivity (Wildman–Crippen MR) is 63.6 cm³/mol. The molecule has 0 amide bonds. The molecule has 3 heteroatoms. The highest BCUT2D eigenvalue weighted by molar-refractivity contribution is 4.99. The summed E-state index contributed by atoms with van der Waals surface area (Å²) in [4.78, 5) is 4.19. The Morgan fingerprint density at radius 1 is 1.33 bits per heavy atom. The Balaban J connectivity index is 2.64. The number of rotatable bonds is 5. The molecule has 0 aromatic carbocycles. The zero-order chi connectivity index (χ0) is 11.4. The van der Waals surface area contributed by atoms with E-state index in [1.54, 1.807) is 0 Å². The third-order valence-corrected chi connectivity index (χ3v) is 2.68. The Hall–Kier alpha value is -0.830. The van der Waals surface area contributed by atoms with Gasteiger partial charge in [0, 0.05) is 24.5 Å². The molecule has 15 heavy (non-hydrogen) atoms. The summed E-state index contributed by atoms with van der Waals surface area (Å²) >= 11 is 0. The number of aromatic nitrogens is 2. The maximum absolute atomic E-state index is 6.06. The number of hydrogen-bond donors (Lipinski definition) is 1. The second-order valence-corrected chi connectivity index (χ2v) is 5.04. The van der Waals surface area contributed by atoms with Crippen molar-refractivity contribution < 1.29 is 0 Å². The van der Waals surface area contributed by atoms with E-state index in [1.807, 2.05) is 12.5 Å². The van der Waals surface area contributed by atoms with E-state index in [0.29, 0.717) is 11.8 Å². The molecule has 0 saturated heterocycles. The molecule has 0 aliphatic heterocycles. The molecule has 0 saturated carbocycles. The first kappa shape index (κ1) is 12.2. The minimum absolute atomic E-state index is 0.213. The minimum atomic E-state index is 0.213. The largest absolute Gasteiger partial charge is 0.333 e. The topological polar surface area (TPSA) is 43.8 Å². The van der Waals surface area contributed by atoms with Crippen LogP contribution in [0.3, 0.4) is 0 Å². The maximum Gasteiger partial charge on any atom is 0.0948 e. The van der Waals surface area contributed by atoms with Gasteiger partial charge >= 0.3 is 0 Å². The first-order valence-electron chi connectivity index (χ1n) is 5.75. The van der Waals surface area contributed by atoms with Gasteiger partial charge < -0.3 is 10.3 Å². The van der Waals surface area contributed by atoms with E-state index in [0.717, 1.165) is 13.0 Å². The second-order valence-electron chi connectivity index (χ2n) is 5.04. The normalized spacial score (nSPS) is 13.8. The summed E-state index contributed by atoms with van der Waals surface area (Å²) < 4.78 is 2.19. The lowest BCUT2D eigenvalue weighted by Gasteiger charge is -2.18. The predicted octanol–water partition coefficient (Wildman–Crippen LogP) is 2.06. The third kappa shape index (κ3) is 3.67. The number of hydrogen-bond acceptors (Lipinski definition) is 2. The highest BCUT2D eigenvalue weighted by atomic mass is 15.1. The number of imidazole rings is 1. The average molecular weight is 209 g/mol. The molecule has 1 unspecified atom stereocenters. The Morgan fingerprint density at radius 3 is 2.53 bits per heavy atom. The summed E-state index contributed by atoms with van der Waals surface area (Å²) in [6.07, 6.45) is 4.91. The molecule has 1 aromatic heterocycles. The zero-order valence-electron chi connectivity index (χ0n) is 10.3. The van der Waals surface area contributed by atoms with Crippen molar-refractivity contribution in [2.24, 2.45) is 17.6 Å². The van der Waals surface area contributed by atoms with Crippen LogP contribution < -0.4 is 5.73 Å².